The van der Waals surface area contributed by atoms with E-state index >= 15 is 0 Å². The van der Waals surface area contributed by atoms with E-state index in [-0.39, 0.29) is 37.7 Å². The highest BCUT2D eigenvalue weighted by Crippen LogP contribution is 2.70. The Bertz CT molecular complexity index is 1100. The van der Waals surface area contributed by atoms with Gasteiger partial charge >= 0.3 is 5.97 Å². The van der Waals surface area contributed by atoms with Gasteiger partial charge in [0.25, 0.3) is 0 Å². The van der Waals surface area contributed by atoms with Crippen LogP contribution in [-0.4, -0.2) is 106 Å². The Morgan fingerprint density at radius 1 is 1.05 bits per heavy atom. The lowest BCUT2D eigenvalue weighted by molar-refractivity contribution is -0.322. The quantitative estimate of drug-likeness (QED) is 0.173. The maximum Gasteiger partial charge on any atom is 0.331 e. The molecule has 6 aliphatic rings. The number of carbonyl (C=O) groups is 2. The van der Waals surface area contributed by atoms with Gasteiger partial charge in [-0.15, -0.1) is 0 Å². The molecule has 2 aliphatic heterocycles. The van der Waals surface area contributed by atoms with Crippen molar-refractivity contribution in [2.24, 2.45) is 28.6 Å². The SMILES string of the molecule is CO[C@H]1[C@H](O[C@H]2CCC3(C=O)[C@H]4C[C@@H](O)[C@]5(C)[C@@H](C6=CC(=O)OC6)CC[C@]5(O)[C@@H]4CC[C@]3(O)C2)O[C@H](C)[C@@H](O)[C@@H]1O. The van der Waals surface area contributed by atoms with Crippen molar-refractivity contribution in [2.75, 3.05) is 13.7 Å². The van der Waals surface area contributed by atoms with Crippen LogP contribution in [0.5, 0.6) is 0 Å². The highest BCUT2D eigenvalue weighted by Gasteiger charge is 2.74. The Balaban J connectivity index is 1.25. The van der Waals surface area contributed by atoms with Gasteiger partial charge in [0.05, 0.1) is 34.9 Å². The lowest BCUT2D eigenvalue weighted by Crippen LogP contribution is -2.71. The van der Waals surface area contributed by atoms with E-state index in [0.29, 0.717) is 32.1 Å². The van der Waals surface area contributed by atoms with Crippen LogP contribution in [0.4, 0.5) is 0 Å². The van der Waals surface area contributed by atoms with Gasteiger partial charge in [-0.3, -0.25) is 0 Å². The van der Waals surface area contributed by atoms with E-state index in [1.54, 1.807) is 6.92 Å². The maximum absolute atomic E-state index is 13.1. The molecular weight excluding hydrogens is 536 g/mol. The first-order valence-electron chi connectivity index (χ1n) is 15.0. The molecule has 0 amide bonds. The van der Waals surface area contributed by atoms with E-state index in [2.05, 4.69) is 0 Å². The largest absolute Gasteiger partial charge is 0.458 e. The Kier molecular flexibility index (Phi) is 7.26. The number of methoxy groups -OCH3 is 1. The molecule has 11 nitrogen and oxygen atoms in total. The number of aliphatic hydroxyl groups is 5. The first-order chi connectivity index (χ1) is 19.3. The number of esters is 1. The van der Waals surface area contributed by atoms with E-state index in [0.717, 1.165) is 11.9 Å². The predicted octanol–water partition coefficient (Wildman–Crippen LogP) is 0.375. The summed E-state index contributed by atoms with van der Waals surface area (Å²) in [7, 11) is 1.40. The van der Waals surface area contributed by atoms with Gasteiger partial charge in [-0.25, -0.2) is 4.79 Å². The Morgan fingerprint density at radius 3 is 2.46 bits per heavy atom. The van der Waals surface area contributed by atoms with E-state index in [1.165, 1.54) is 13.2 Å². The van der Waals surface area contributed by atoms with Crippen molar-refractivity contribution in [2.45, 2.75) is 119 Å². The van der Waals surface area contributed by atoms with Gasteiger partial charge in [-0.1, -0.05) is 6.92 Å². The van der Waals surface area contributed by atoms with Gasteiger partial charge in [0.1, 0.15) is 31.2 Å². The number of carbonyl (C=O) groups excluding carboxylic acids is 2. The van der Waals surface area contributed by atoms with Crippen LogP contribution in [-0.2, 0) is 28.5 Å². The molecule has 1 saturated heterocycles. The minimum Gasteiger partial charge on any atom is -0.458 e. The number of aldehydes is 1. The fourth-order valence-electron chi connectivity index (χ4n) is 9.98. The van der Waals surface area contributed by atoms with Crippen LogP contribution in [0, 0.1) is 28.6 Å². The fourth-order valence-corrected chi connectivity index (χ4v) is 9.98. The van der Waals surface area contributed by atoms with E-state index in [1.807, 2.05) is 6.92 Å². The van der Waals surface area contributed by atoms with Crippen LogP contribution in [0.25, 0.3) is 0 Å². The molecule has 4 aliphatic carbocycles. The summed E-state index contributed by atoms with van der Waals surface area (Å²) in [5, 5.41) is 57.0. The van der Waals surface area contributed by atoms with Crippen molar-refractivity contribution < 1.29 is 54.1 Å². The van der Waals surface area contributed by atoms with Crippen molar-refractivity contribution in [3.05, 3.63) is 11.6 Å². The summed E-state index contributed by atoms with van der Waals surface area (Å²) in [4.78, 5) is 24.9. The topological polar surface area (TPSA) is 172 Å². The van der Waals surface area contributed by atoms with Gasteiger partial charge < -0.3 is 49.3 Å². The maximum atomic E-state index is 13.1. The van der Waals surface area contributed by atoms with Crippen LogP contribution in [0.3, 0.4) is 0 Å². The Hall–Kier alpha value is -1.44. The zero-order chi connectivity index (χ0) is 29.5. The molecule has 4 saturated carbocycles. The molecule has 5 fully saturated rings. The number of rotatable bonds is 5. The first-order valence-corrected chi connectivity index (χ1v) is 15.0. The average Bonchev–Trinajstić information content (AvgIpc) is 3.48. The van der Waals surface area contributed by atoms with Crippen molar-refractivity contribution >= 4 is 12.3 Å². The summed E-state index contributed by atoms with van der Waals surface area (Å²) in [5.41, 5.74) is -3.98. The van der Waals surface area contributed by atoms with Gasteiger partial charge in [-0.2, -0.15) is 0 Å². The highest BCUT2D eigenvalue weighted by molar-refractivity contribution is 5.85. The fraction of sp³-hybridized carbons (Fsp3) is 0.867. The predicted molar refractivity (Wildman–Crippen MR) is 141 cm³/mol. The van der Waals surface area contributed by atoms with Crippen LogP contribution in [0.15, 0.2) is 11.6 Å². The molecular formula is C30H44O11. The summed E-state index contributed by atoms with van der Waals surface area (Å²) < 4.78 is 22.6. The number of aliphatic hydroxyl groups excluding tert-OH is 3. The summed E-state index contributed by atoms with van der Waals surface area (Å²) in [6, 6.07) is 0. The number of cyclic esters (lactones) is 1. The molecule has 6 rings (SSSR count). The molecule has 0 bridgehead atoms. The Morgan fingerprint density at radius 2 is 1.80 bits per heavy atom. The second kappa shape index (κ2) is 10.1. The number of ether oxygens (including phenoxy) is 4. The van der Waals surface area contributed by atoms with Crippen molar-refractivity contribution in [3.8, 4) is 0 Å². The summed E-state index contributed by atoms with van der Waals surface area (Å²) >= 11 is 0. The lowest BCUT2D eigenvalue weighted by Gasteiger charge is -2.66. The smallest absolute Gasteiger partial charge is 0.331 e. The number of hydrogen-bond donors (Lipinski definition) is 5. The third kappa shape index (κ3) is 4.00. The zero-order valence-electron chi connectivity index (χ0n) is 24.0. The van der Waals surface area contributed by atoms with Crippen molar-refractivity contribution in [1.82, 2.24) is 0 Å². The molecule has 0 aromatic rings. The number of fused-ring (bicyclic) bond motifs is 5. The Labute approximate surface area is 239 Å². The second-order valence-electron chi connectivity index (χ2n) is 13.7. The van der Waals surface area contributed by atoms with Gasteiger partial charge in [-0.05, 0) is 75.2 Å². The van der Waals surface area contributed by atoms with Crippen molar-refractivity contribution in [1.29, 1.82) is 0 Å². The summed E-state index contributed by atoms with van der Waals surface area (Å²) in [5.74, 6) is -1.36. The van der Waals surface area contributed by atoms with Crippen LogP contribution >= 0.6 is 0 Å². The van der Waals surface area contributed by atoms with Crippen LogP contribution in [0.2, 0.25) is 0 Å². The molecule has 1 unspecified atom stereocenters. The monoisotopic (exact) mass is 580 g/mol. The molecule has 0 aromatic carbocycles. The van der Waals surface area contributed by atoms with Gasteiger partial charge in [0, 0.05) is 25.0 Å². The second-order valence-corrected chi connectivity index (χ2v) is 13.7. The van der Waals surface area contributed by atoms with Gasteiger partial charge in [0.15, 0.2) is 6.29 Å². The molecule has 5 N–H and O–H groups in total. The highest BCUT2D eigenvalue weighted by atomic mass is 16.7. The summed E-state index contributed by atoms with van der Waals surface area (Å²) in [6.07, 6.45) is -1.06. The van der Waals surface area contributed by atoms with Gasteiger partial charge in [0.2, 0.25) is 0 Å². The van der Waals surface area contributed by atoms with Crippen LogP contribution < -0.4 is 0 Å². The molecule has 0 radical (unpaired) electrons. The molecule has 41 heavy (non-hydrogen) atoms. The van der Waals surface area contributed by atoms with E-state index in [9.17, 15) is 35.1 Å². The molecule has 11 heteroatoms. The third-order valence-electron chi connectivity index (χ3n) is 12.3. The van der Waals surface area contributed by atoms with Crippen LogP contribution in [0.1, 0.15) is 65.2 Å². The molecule has 14 atom stereocenters. The minimum atomic E-state index is -1.42. The van der Waals surface area contributed by atoms with E-state index in [4.69, 9.17) is 18.9 Å². The van der Waals surface area contributed by atoms with E-state index < -0.39 is 76.8 Å². The van der Waals surface area contributed by atoms with Crippen molar-refractivity contribution in [3.63, 3.8) is 0 Å². The summed E-state index contributed by atoms with van der Waals surface area (Å²) in [6.45, 7) is 3.70. The minimum absolute atomic E-state index is 0.152. The third-order valence-corrected chi connectivity index (χ3v) is 12.3. The molecule has 0 aromatic heterocycles. The standard InChI is InChI=1S/C30H44O11/c1-15-23(34)24(35)25(38-3)26(40-15)41-17-4-7-28(14-31)20-11-21(32)27(2)18(16-10-22(33)39-13-16)6-9-30(27,37)19(20)5-8-29(28,36)12-17/h10,14-15,17-21,23-26,32,34-37H,4-9,11-13H2,1-3H3/t15-,17+,18-,19-,20+,21-,23-,24+,25-,26+,27+,28?,29+,30+/m1/s1. The first kappa shape index (κ1) is 29.6. The lowest BCUT2D eigenvalue weighted by atomic mass is 9.41. The average molecular weight is 581 g/mol. The molecule has 230 valence electrons. The molecule has 2 heterocycles. The molecule has 0 spiro atoms. The number of hydrogen-bond acceptors (Lipinski definition) is 11. The normalized spacial score (nSPS) is 54.9. The zero-order valence-corrected chi connectivity index (χ0v) is 24.0.